The van der Waals surface area contributed by atoms with Crippen LogP contribution in [0, 0.1) is 0 Å². The van der Waals surface area contributed by atoms with E-state index in [1.54, 1.807) is 21.3 Å². The van der Waals surface area contributed by atoms with Gasteiger partial charge in [-0.2, -0.15) is 0 Å². The Morgan fingerprint density at radius 1 is 0.750 bits per heavy atom. The number of ether oxygens (including phenoxy) is 3. The standard InChI is InChI=1S/C23H32O4Si/c1-23(2,3)28(7,8)27-22-20(25-5)15-18(16-21(22)26-6)10-9-17-11-13-19(24-4)14-12-17/h9-16H,1-8H3/b10-9-. The van der Waals surface area contributed by atoms with Gasteiger partial charge in [0.1, 0.15) is 5.75 Å². The Labute approximate surface area is 170 Å². The van der Waals surface area contributed by atoms with Gasteiger partial charge in [0, 0.05) is 0 Å². The summed E-state index contributed by atoms with van der Waals surface area (Å²) in [5.74, 6) is 2.88. The highest BCUT2D eigenvalue weighted by molar-refractivity contribution is 6.74. The molecule has 28 heavy (non-hydrogen) atoms. The second-order valence-corrected chi connectivity index (χ2v) is 12.9. The molecule has 0 bridgehead atoms. The van der Waals surface area contributed by atoms with Gasteiger partial charge in [0.2, 0.25) is 0 Å². The summed E-state index contributed by atoms with van der Waals surface area (Å²) in [7, 11) is 2.95. The zero-order chi connectivity index (χ0) is 20.9. The van der Waals surface area contributed by atoms with Gasteiger partial charge in [0.25, 0.3) is 8.32 Å². The highest BCUT2D eigenvalue weighted by atomic mass is 28.4. The Kier molecular flexibility index (Phi) is 6.83. The molecule has 0 spiro atoms. The highest BCUT2D eigenvalue weighted by Crippen LogP contribution is 2.45. The maximum Gasteiger partial charge on any atom is 0.250 e. The number of rotatable bonds is 7. The first-order valence-corrected chi connectivity index (χ1v) is 12.3. The van der Waals surface area contributed by atoms with Crippen molar-refractivity contribution >= 4 is 20.5 Å². The third-order valence-corrected chi connectivity index (χ3v) is 9.56. The topological polar surface area (TPSA) is 36.9 Å². The fourth-order valence-corrected chi connectivity index (χ4v) is 3.43. The third kappa shape index (κ3) is 5.10. The first-order chi connectivity index (χ1) is 13.1. The molecule has 0 atom stereocenters. The Morgan fingerprint density at radius 3 is 1.68 bits per heavy atom. The Morgan fingerprint density at radius 2 is 1.25 bits per heavy atom. The van der Waals surface area contributed by atoms with Crippen molar-refractivity contribution < 1.29 is 18.6 Å². The minimum Gasteiger partial charge on any atom is -0.539 e. The van der Waals surface area contributed by atoms with Crippen LogP contribution in [0.2, 0.25) is 18.1 Å². The summed E-state index contributed by atoms with van der Waals surface area (Å²) < 4.78 is 23.0. The van der Waals surface area contributed by atoms with Crippen LogP contribution < -0.4 is 18.6 Å². The van der Waals surface area contributed by atoms with Crippen LogP contribution in [-0.4, -0.2) is 29.6 Å². The SMILES string of the molecule is COc1ccc(/C=C\c2cc(OC)c(O[Si](C)(C)C(C)(C)C)c(OC)c2)cc1. The average molecular weight is 401 g/mol. The van der Waals surface area contributed by atoms with Gasteiger partial charge in [-0.15, -0.1) is 0 Å². The summed E-state index contributed by atoms with van der Waals surface area (Å²) in [6, 6.07) is 11.9. The van der Waals surface area contributed by atoms with Crippen LogP contribution in [-0.2, 0) is 0 Å². The molecule has 2 rings (SSSR count). The second kappa shape index (κ2) is 8.74. The lowest BCUT2D eigenvalue weighted by Gasteiger charge is -2.37. The summed E-state index contributed by atoms with van der Waals surface area (Å²) in [6.45, 7) is 11.1. The molecule has 2 aromatic carbocycles. The van der Waals surface area contributed by atoms with Gasteiger partial charge >= 0.3 is 0 Å². The molecule has 0 saturated carbocycles. The van der Waals surface area contributed by atoms with Gasteiger partial charge in [-0.05, 0) is 53.5 Å². The van der Waals surface area contributed by atoms with Gasteiger partial charge in [0.05, 0.1) is 21.3 Å². The van der Waals surface area contributed by atoms with Crippen LogP contribution in [0.1, 0.15) is 31.9 Å². The predicted molar refractivity (Wildman–Crippen MR) is 119 cm³/mol. The van der Waals surface area contributed by atoms with Gasteiger partial charge in [-0.3, -0.25) is 0 Å². The zero-order valence-electron chi connectivity index (χ0n) is 18.3. The van der Waals surface area contributed by atoms with Crippen molar-refractivity contribution in [3.05, 3.63) is 47.5 Å². The molecule has 0 fully saturated rings. The number of hydrogen-bond donors (Lipinski definition) is 0. The normalized spacial score (nSPS) is 12.1. The van der Waals surface area contributed by atoms with Gasteiger partial charge in [-0.25, -0.2) is 0 Å². The van der Waals surface area contributed by atoms with Crippen LogP contribution in [0.15, 0.2) is 36.4 Å². The van der Waals surface area contributed by atoms with Crippen molar-refractivity contribution in [1.82, 2.24) is 0 Å². The maximum absolute atomic E-state index is 6.50. The van der Waals surface area contributed by atoms with Gasteiger partial charge < -0.3 is 18.6 Å². The van der Waals surface area contributed by atoms with E-state index in [2.05, 4.69) is 33.9 Å². The first kappa shape index (κ1) is 21.9. The van der Waals surface area contributed by atoms with E-state index in [9.17, 15) is 0 Å². The van der Waals surface area contributed by atoms with Crippen LogP contribution in [0.3, 0.4) is 0 Å². The second-order valence-electron chi connectivity index (χ2n) is 8.22. The van der Waals surface area contributed by atoms with Crippen molar-refractivity contribution in [2.45, 2.75) is 38.9 Å². The molecule has 0 heterocycles. The molecule has 4 nitrogen and oxygen atoms in total. The molecule has 5 heteroatoms. The lowest BCUT2D eigenvalue weighted by Crippen LogP contribution is -2.44. The molecule has 0 aromatic heterocycles. The Balaban J connectivity index is 2.37. The average Bonchev–Trinajstić information content (AvgIpc) is 2.66. The molecule has 0 unspecified atom stereocenters. The van der Waals surface area contributed by atoms with Gasteiger partial charge in [-0.1, -0.05) is 45.1 Å². The number of methoxy groups -OCH3 is 3. The van der Waals surface area contributed by atoms with Crippen molar-refractivity contribution in [1.29, 1.82) is 0 Å². The summed E-state index contributed by atoms with van der Waals surface area (Å²) in [6.07, 6.45) is 4.07. The summed E-state index contributed by atoms with van der Waals surface area (Å²) >= 11 is 0. The van der Waals surface area contributed by atoms with Crippen molar-refractivity contribution in [2.75, 3.05) is 21.3 Å². The summed E-state index contributed by atoms with van der Waals surface area (Å²) in [5.41, 5.74) is 2.06. The van der Waals surface area contributed by atoms with Crippen LogP contribution >= 0.6 is 0 Å². The number of benzene rings is 2. The largest absolute Gasteiger partial charge is 0.539 e. The Hall–Kier alpha value is -2.40. The molecule has 0 radical (unpaired) electrons. The molecule has 2 aromatic rings. The Bertz CT molecular complexity index is 792. The van der Waals surface area contributed by atoms with Crippen LogP contribution in [0.5, 0.6) is 23.0 Å². The smallest absolute Gasteiger partial charge is 0.250 e. The molecular formula is C23H32O4Si. The molecule has 0 amide bonds. The fourth-order valence-electron chi connectivity index (χ4n) is 2.41. The van der Waals surface area contributed by atoms with Crippen molar-refractivity contribution in [3.8, 4) is 23.0 Å². The van der Waals surface area contributed by atoms with E-state index < -0.39 is 8.32 Å². The van der Waals surface area contributed by atoms with E-state index >= 15 is 0 Å². The van der Waals surface area contributed by atoms with E-state index in [-0.39, 0.29) is 5.04 Å². The van der Waals surface area contributed by atoms with E-state index in [0.717, 1.165) is 16.9 Å². The first-order valence-electron chi connectivity index (χ1n) is 9.38. The zero-order valence-corrected chi connectivity index (χ0v) is 19.3. The summed E-state index contributed by atoms with van der Waals surface area (Å²) in [4.78, 5) is 0. The maximum atomic E-state index is 6.50. The molecule has 0 N–H and O–H groups in total. The van der Waals surface area contributed by atoms with Crippen molar-refractivity contribution in [2.24, 2.45) is 0 Å². The monoisotopic (exact) mass is 400 g/mol. The predicted octanol–water partition coefficient (Wildman–Crippen LogP) is 6.27. The summed E-state index contributed by atoms with van der Waals surface area (Å²) in [5, 5.41) is 0.0793. The fraction of sp³-hybridized carbons (Fsp3) is 0.391. The van der Waals surface area contributed by atoms with E-state index in [1.807, 2.05) is 48.6 Å². The van der Waals surface area contributed by atoms with E-state index in [1.165, 1.54) is 0 Å². The molecule has 0 saturated heterocycles. The van der Waals surface area contributed by atoms with Crippen LogP contribution in [0.25, 0.3) is 12.2 Å². The van der Waals surface area contributed by atoms with Crippen molar-refractivity contribution in [3.63, 3.8) is 0 Å². The van der Waals surface area contributed by atoms with Gasteiger partial charge in [0.15, 0.2) is 17.2 Å². The van der Waals surface area contributed by atoms with Crippen LogP contribution in [0.4, 0.5) is 0 Å². The third-order valence-electron chi connectivity index (χ3n) is 5.23. The lowest BCUT2D eigenvalue weighted by molar-refractivity contribution is 0.354. The minimum atomic E-state index is -2.03. The molecule has 0 aliphatic carbocycles. The lowest BCUT2D eigenvalue weighted by atomic mass is 10.1. The highest BCUT2D eigenvalue weighted by Gasteiger charge is 2.40. The minimum absolute atomic E-state index is 0.0793. The molecule has 0 aliphatic heterocycles. The molecule has 0 aliphatic rings. The van der Waals surface area contributed by atoms with E-state index in [0.29, 0.717) is 17.2 Å². The number of hydrogen-bond acceptors (Lipinski definition) is 4. The molecule has 152 valence electrons. The van der Waals surface area contributed by atoms with E-state index in [4.69, 9.17) is 18.6 Å². The molecular weight excluding hydrogens is 368 g/mol. The quantitative estimate of drug-likeness (QED) is 0.406.